The number of allylic oxidation sites excluding steroid dienone is 1. The molecular formula is C23H27BrN2O7. The van der Waals surface area contributed by atoms with Crippen molar-refractivity contribution in [1.82, 2.24) is 5.48 Å². The van der Waals surface area contributed by atoms with Gasteiger partial charge in [0.1, 0.15) is 12.4 Å². The van der Waals surface area contributed by atoms with Crippen molar-refractivity contribution < 1.29 is 34.1 Å². The summed E-state index contributed by atoms with van der Waals surface area (Å²) in [6, 6.07) is 14.1. The van der Waals surface area contributed by atoms with E-state index >= 15 is 0 Å². The van der Waals surface area contributed by atoms with Gasteiger partial charge in [-0.05, 0) is 43.2 Å². The second kappa shape index (κ2) is 14.3. The van der Waals surface area contributed by atoms with Gasteiger partial charge in [0, 0.05) is 28.9 Å². The van der Waals surface area contributed by atoms with Crippen molar-refractivity contribution in [3.63, 3.8) is 0 Å². The highest BCUT2D eigenvalue weighted by Crippen LogP contribution is 2.33. The molecule has 0 aliphatic carbocycles. The molecular weight excluding hydrogens is 496 g/mol. The molecule has 0 aromatic heterocycles. The van der Waals surface area contributed by atoms with Gasteiger partial charge in [-0.2, -0.15) is 0 Å². The Hall–Kier alpha value is -2.92. The topological polar surface area (TPSA) is 126 Å². The van der Waals surface area contributed by atoms with Crippen LogP contribution in [-0.4, -0.2) is 48.7 Å². The van der Waals surface area contributed by atoms with Gasteiger partial charge in [0.15, 0.2) is 6.10 Å². The van der Waals surface area contributed by atoms with Crippen LogP contribution in [0, 0.1) is 0 Å². The van der Waals surface area contributed by atoms with Crippen molar-refractivity contribution in [2.75, 3.05) is 25.6 Å². The number of hydroxylamine groups is 1. The maximum Gasteiger partial charge on any atom is 0.412 e. The molecule has 0 fully saturated rings. The van der Waals surface area contributed by atoms with E-state index < -0.39 is 24.2 Å². The molecule has 0 radical (unpaired) electrons. The van der Waals surface area contributed by atoms with E-state index in [2.05, 4.69) is 21.2 Å². The zero-order chi connectivity index (χ0) is 24.1. The van der Waals surface area contributed by atoms with Crippen LogP contribution in [0.1, 0.15) is 24.5 Å². The minimum absolute atomic E-state index is 0.0749. The molecule has 2 rings (SSSR count). The lowest BCUT2D eigenvalue weighted by Crippen LogP contribution is -2.28. The summed E-state index contributed by atoms with van der Waals surface area (Å²) < 4.78 is 17.9. The quantitative estimate of drug-likeness (QED) is 0.188. The Kier molecular flexibility index (Phi) is 11.4. The van der Waals surface area contributed by atoms with E-state index in [1.54, 1.807) is 54.6 Å². The maximum atomic E-state index is 12.7. The van der Waals surface area contributed by atoms with E-state index in [-0.39, 0.29) is 13.2 Å². The fourth-order valence-electron chi connectivity index (χ4n) is 3.02. The second-order valence-electron chi connectivity index (χ2n) is 6.80. The molecule has 0 unspecified atom stereocenters. The number of halogens is 1. The highest BCUT2D eigenvalue weighted by atomic mass is 79.9. The lowest BCUT2D eigenvalue weighted by Gasteiger charge is -2.27. The van der Waals surface area contributed by atoms with E-state index in [0.717, 1.165) is 4.47 Å². The van der Waals surface area contributed by atoms with Gasteiger partial charge in [0.2, 0.25) is 0 Å². The summed E-state index contributed by atoms with van der Waals surface area (Å²) in [6.07, 6.45) is 1.47. The molecule has 2 aromatic rings. The minimum atomic E-state index is -0.847. The van der Waals surface area contributed by atoms with Crippen molar-refractivity contribution in [2.45, 2.75) is 25.0 Å². The third kappa shape index (κ3) is 8.85. The van der Waals surface area contributed by atoms with Crippen molar-refractivity contribution in [2.24, 2.45) is 0 Å². The number of amides is 2. The van der Waals surface area contributed by atoms with Crippen LogP contribution in [0.5, 0.6) is 5.75 Å². The highest BCUT2D eigenvalue weighted by molar-refractivity contribution is 9.10. The van der Waals surface area contributed by atoms with Crippen molar-refractivity contribution >= 4 is 33.6 Å². The first-order chi connectivity index (χ1) is 16.0. The first-order valence-electron chi connectivity index (χ1n) is 10.2. The molecule has 0 bridgehead atoms. The fraction of sp³-hybridized carbons (Fsp3) is 0.304. The van der Waals surface area contributed by atoms with E-state index in [1.807, 2.05) is 0 Å². The molecule has 2 aromatic carbocycles. The van der Waals surface area contributed by atoms with E-state index in [9.17, 15) is 9.59 Å². The summed E-state index contributed by atoms with van der Waals surface area (Å²) in [5.74, 6) is -0.196. The van der Waals surface area contributed by atoms with Gasteiger partial charge < -0.3 is 19.3 Å². The Labute approximate surface area is 200 Å². The standard InChI is InChI=1S/C23H27BrN2O7/c1-31-20(8-4-5-9-21(28)26-30)22(18-6-2-3-7-19(18)32-15-14-27)33-23(29)25-17-12-10-16(24)11-13-17/h2-3,5-7,9-13,20,22,27,30H,4,8,14-15H2,1H3,(H,25,29)(H,26,28)/b9-5+/t20-,22-/m1/s1. The third-order valence-electron chi connectivity index (χ3n) is 4.54. The van der Waals surface area contributed by atoms with Crippen LogP contribution in [-0.2, 0) is 14.3 Å². The van der Waals surface area contributed by atoms with Gasteiger partial charge in [-0.3, -0.25) is 15.3 Å². The monoisotopic (exact) mass is 522 g/mol. The number of hydrogen-bond acceptors (Lipinski definition) is 7. The average molecular weight is 523 g/mol. The van der Waals surface area contributed by atoms with Crippen LogP contribution in [0.4, 0.5) is 10.5 Å². The number of carbonyl (C=O) groups is 2. The zero-order valence-corrected chi connectivity index (χ0v) is 19.7. The number of para-hydroxylation sites is 1. The molecule has 0 spiro atoms. The Balaban J connectivity index is 2.24. The number of rotatable bonds is 12. The molecule has 10 heteroatoms. The number of nitrogens with one attached hydrogen (secondary N) is 2. The number of aliphatic hydroxyl groups excluding tert-OH is 1. The van der Waals surface area contributed by atoms with Crippen LogP contribution in [0.25, 0.3) is 0 Å². The normalized spacial score (nSPS) is 12.7. The summed E-state index contributed by atoms with van der Waals surface area (Å²) in [6.45, 7) is -0.0964. The number of methoxy groups -OCH3 is 1. The molecule has 33 heavy (non-hydrogen) atoms. The van der Waals surface area contributed by atoms with Crippen molar-refractivity contribution in [3.8, 4) is 5.75 Å². The van der Waals surface area contributed by atoms with Crippen molar-refractivity contribution in [3.05, 3.63) is 70.7 Å². The Morgan fingerprint density at radius 1 is 1.15 bits per heavy atom. The molecule has 0 saturated heterocycles. The number of aliphatic hydroxyl groups is 1. The summed E-state index contributed by atoms with van der Waals surface area (Å²) >= 11 is 3.35. The highest BCUT2D eigenvalue weighted by Gasteiger charge is 2.29. The summed E-state index contributed by atoms with van der Waals surface area (Å²) in [5, 5.41) is 20.4. The molecule has 2 atom stereocenters. The first kappa shape index (κ1) is 26.3. The minimum Gasteiger partial charge on any atom is -0.491 e. The van der Waals surface area contributed by atoms with Gasteiger partial charge in [-0.1, -0.05) is 40.2 Å². The van der Waals surface area contributed by atoms with Gasteiger partial charge in [-0.25, -0.2) is 10.3 Å². The molecule has 2 amide bonds. The Bertz CT molecular complexity index is 921. The van der Waals surface area contributed by atoms with Gasteiger partial charge >= 0.3 is 6.09 Å². The molecule has 9 nitrogen and oxygen atoms in total. The number of anilines is 1. The Morgan fingerprint density at radius 2 is 1.88 bits per heavy atom. The molecule has 0 aliphatic rings. The zero-order valence-electron chi connectivity index (χ0n) is 18.1. The smallest absolute Gasteiger partial charge is 0.412 e. The predicted molar refractivity (Wildman–Crippen MR) is 125 cm³/mol. The summed E-state index contributed by atoms with van der Waals surface area (Å²) in [7, 11) is 1.50. The molecule has 0 heterocycles. The van der Waals surface area contributed by atoms with Gasteiger partial charge in [0.05, 0.1) is 12.7 Å². The third-order valence-corrected chi connectivity index (χ3v) is 5.07. The van der Waals surface area contributed by atoms with Crippen LogP contribution < -0.4 is 15.5 Å². The predicted octanol–water partition coefficient (Wildman–Crippen LogP) is 3.97. The molecule has 4 N–H and O–H groups in total. The van der Waals surface area contributed by atoms with Crippen LogP contribution >= 0.6 is 15.9 Å². The SMILES string of the molecule is CO[C@H](CC/C=C/C(=O)NO)[C@H](OC(=O)Nc1ccc(Br)cc1)c1ccccc1OCCO. The molecule has 178 valence electrons. The number of carbonyl (C=O) groups excluding carboxylic acids is 2. The number of hydrogen-bond donors (Lipinski definition) is 4. The van der Waals surface area contributed by atoms with Gasteiger partial charge in [0.25, 0.3) is 5.91 Å². The van der Waals surface area contributed by atoms with E-state index in [0.29, 0.717) is 29.8 Å². The molecule has 0 saturated carbocycles. The summed E-state index contributed by atoms with van der Waals surface area (Å²) in [4.78, 5) is 23.9. The lowest BCUT2D eigenvalue weighted by atomic mass is 9.99. The second-order valence-corrected chi connectivity index (χ2v) is 7.71. The van der Waals surface area contributed by atoms with Crippen molar-refractivity contribution in [1.29, 1.82) is 0 Å². The van der Waals surface area contributed by atoms with Gasteiger partial charge in [-0.15, -0.1) is 0 Å². The van der Waals surface area contributed by atoms with Crippen LogP contribution in [0.15, 0.2) is 65.2 Å². The average Bonchev–Trinajstić information content (AvgIpc) is 2.83. The molecule has 0 aliphatic heterocycles. The van der Waals surface area contributed by atoms with Crippen LogP contribution in [0.2, 0.25) is 0 Å². The maximum absolute atomic E-state index is 12.7. The number of ether oxygens (including phenoxy) is 3. The van der Waals surface area contributed by atoms with E-state index in [1.165, 1.54) is 18.7 Å². The lowest BCUT2D eigenvalue weighted by molar-refractivity contribution is -0.124. The first-order valence-corrected chi connectivity index (χ1v) is 11.0. The summed E-state index contributed by atoms with van der Waals surface area (Å²) in [5.41, 5.74) is 2.65. The number of benzene rings is 2. The van der Waals surface area contributed by atoms with E-state index in [4.69, 9.17) is 24.5 Å². The Morgan fingerprint density at radius 3 is 2.55 bits per heavy atom. The largest absolute Gasteiger partial charge is 0.491 e. The van der Waals surface area contributed by atoms with Crippen LogP contribution in [0.3, 0.4) is 0 Å². The fourth-order valence-corrected chi connectivity index (χ4v) is 3.28.